The number of aliphatic carboxylic acids is 1. The lowest BCUT2D eigenvalue weighted by Crippen LogP contribution is -2.33. The third-order valence-corrected chi connectivity index (χ3v) is 10.5. The van der Waals surface area contributed by atoms with Crippen molar-refractivity contribution in [3.8, 4) is 0 Å². The molecule has 0 aromatic rings. The van der Waals surface area contributed by atoms with Crippen molar-refractivity contribution in [2.24, 2.45) is 0 Å². The molecule has 0 aliphatic carbocycles. The molecule has 0 bridgehead atoms. The lowest BCUT2D eigenvalue weighted by atomic mass is 10.2. The van der Waals surface area contributed by atoms with Crippen molar-refractivity contribution in [3.05, 3.63) is 11.3 Å². The van der Waals surface area contributed by atoms with E-state index in [4.69, 9.17) is 0 Å². The molecule has 0 unspecified atom stereocenters. The molecule has 1 N–H and O–H groups in total. The van der Waals surface area contributed by atoms with E-state index in [0.29, 0.717) is 5.57 Å². The standard InChI is InChI=1S/C22H44O2Si/c1-5-8-11-14-17-25(18-15-12-9-6-2,19-16-13-10-7-3)20-21(4)22(23)24/h20H,5-19H2,1-4H3,(H,23,24). The maximum atomic E-state index is 11.5. The van der Waals surface area contributed by atoms with E-state index in [-0.39, 0.29) is 0 Å². The summed E-state index contributed by atoms with van der Waals surface area (Å²) in [6.07, 6.45) is 15.6. The van der Waals surface area contributed by atoms with E-state index in [9.17, 15) is 9.90 Å². The first kappa shape index (κ1) is 24.4. The summed E-state index contributed by atoms with van der Waals surface area (Å²) < 4.78 is 0. The Kier molecular flexibility index (Phi) is 15.3. The second-order valence-corrected chi connectivity index (χ2v) is 12.4. The molecule has 0 spiro atoms. The average Bonchev–Trinajstić information content (AvgIpc) is 2.59. The Morgan fingerprint density at radius 3 is 1.36 bits per heavy atom. The zero-order chi connectivity index (χ0) is 19.0. The van der Waals surface area contributed by atoms with Crippen LogP contribution in [-0.4, -0.2) is 19.1 Å². The lowest BCUT2D eigenvalue weighted by Gasteiger charge is -2.30. The van der Waals surface area contributed by atoms with E-state index in [1.807, 2.05) is 6.92 Å². The summed E-state index contributed by atoms with van der Waals surface area (Å²) in [6.45, 7) is 8.59. The van der Waals surface area contributed by atoms with Gasteiger partial charge < -0.3 is 5.11 Å². The largest absolute Gasteiger partial charge is 0.478 e. The summed E-state index contributed by atoms with van der Waals surface area (Å²) in [4.78, 5) is 11.5. The maximum absolute atomic E-state index is 11.5. The summed E-state index contributed by atoms with van der Waals surface area (Å²) in [7, 11) is -1.61. The number of carbonyl (C=O) groups is 1. The molecular formula is C22H44O2Si. The van der Waals surface area contributed by atoms with Gasteiger partial charge in [0.05, 0.1) is 8.07 Å². The molecule has 0 aromatic heterocycles. The zero-order valence-corrected chi connectivity index (χ0v) is 18.5. The van der Waals surface area contributed by atoms with Crippen LogP contribution in [0.5, 0.6) is 0 Å². The summed E-state index contributed by atoms with van der Waals surface area (Å²) >= 11 is 0. The van der Waals surface area contributed by atoms with E-state index < -0.39 is 14.0 Å². The number of unbranched alkanes of at least 4 members (excludes halogenated alkanes) is 9. The minimum atomic E-state index is -1.61. The van der Waals surface area contributed by atoms with Gasteiger partial charge in [-0.15, -0.1) is 0 Å². The molecule has 2 nitrogen and oxygen atoms in total. The first-order valence-electron chi connectivity index (χ1n) is 10.9. The number of carboxylic acid groups (broad SMARTS) is 1. The van der Waals surface area contributed by atoms with Crippen molar-refractivity contribution < 1.29 is 9.90 Å². The monoisotopic (exact) mass is 368 g/mol. The zero-order valence-electron chi connectivity index (χ0n) is 17.5. The fourth-order valence-corrected chi connectivity index (χ4v) is 8.91. The summed E-state index contributed by atoms with van der Waals surface area (Å²) in [6, 6.07) is 3.90. The minimum Gasteiger partial charge on any atom is -0.478 e. The Morgan fingerprint density at radius 1 is 0.720 bits per heavy atom. The molecule has 0 aromatic carbocycles. The van der Waals surface area contributed by atoms with Crippen LogP contribution in [0, 0.1) is 0 Å². The van der Waals surface area contributed by atoms with Crippen LogP contribution in [0.4, 0.5) is 0 Å². The molecule has 0 rings (SSSR count). The van der Waals surface area contributed by atoms with Gasteiger partial charge in [-0.2, -0.15) is 0 Å². The molecule has 148 valence electrons. The van der Waals surface area contributed by atoms with Crippen LogP contribution in [0.3, 0.4) is 0 Å². The highest BCUT2D eigenvalue weighted by Gasteiger charge is 2.30. The molecule has 0 saturated carbocycles. The smallest absolute Gasteiger partial charge is 0.330 e. The van der Waals surface area contributed by atoms with E-state index in [1.54, 1.807) is 0 Å². The topological polar surface area (TPSA) is 37.3 Å². The van der Waals surface area contributed by atoms with Gasteiger partial charge in [-0.1, -0.05) is 122 Å². The van der Waals surface area contributed by atoms with Crippen molar-refractivity contribution >= 4 is 14.0 Å². The Morgan fingerprint density at radius 2 is 1.08 bits per heavy atom. The van der Waals surface area contributed by atoms with Gasteiger partial charge in [0.1, 0.15) is 0 Å². The van der Waals surface area contributed by atoms with E-state index in [1.165, 1.54) is 95.2 Å². The molecule has 0 aliphatic rings. The van der Waals surface area contributed by atoms with Gasteiger partial charge in [-0.25, -0.2) is 4.79 Å². The third-order valence-electron chi connectivity index (χ3n) is 5.44. The Hall–Kier alpha value is -0.573. The molecular weight excluding hydrogens is 324 g/mol. The number of hydrogen-bond acceptors (Lipinski definition) is 1. The molecule has 0 radical (unpaired) electrons. The highest BCUT2D eigenvalue weighted by atomic mass is 28.3. The predicted molar refractivity (Wildman–Crippen MR) is 114 cm³/mol. The quantitative estimate of drug-likeness (QED) is 0.162. The number of hydrogen-bond donors (Lipinski definition) is 1. The van der Waals surface area contributed by atoms with Gasteiger partial charge >= 0.3 is 5.97 Å². The van der Waals surface area contributed by atoms with E-state index in [0.717, 1.165) is 0 Å². The highest BCUT2D eigenvalue weighted by Crippen LogP contribution is 2.32. The van der Waals surface area contributed by atoms with E-state index >= 15 is 0 Å². The van der Waals surface area contributed by atoms with Crippen molar-refractivity contribution in [1.29, 1.82) is 0 Å². The lowest BCUT2D eigenvalue weighted by molar-refractivity contribution is -0.132. The molecule has 0 aliphatic heterocycles. The van der Waals surface area contributed by atoms with Gasteiger partial charge in [-0.05, 0) is 6.92 Å². The second kappa shape index (κ2) is 15.7. The Balaban J connectivity index is 5.06. The van der Waals surface area contributed by atoms with E-state index in [2.05, 4.69) is 26.5 Å². The first-order valence-corrected chi connectivity index (χ1v) is 13.6. The minimum absolute atomic E-state index is 0.605. The third kappa shape index (κ3) is 12.4. The van der Waals surface area contributed by atoms with Crippen molar-refractivity contribution in [2.75, 3.05) is 0 Å². The molecule has 0 saturated heterocycles. The fourth-order valence-electron chi connectivity index (χ4n) is 3.82. The fraction of sp³-hybridized carbons (Fsp3) is 0.864. The Labute approximate surface area is 158 Å². The summed E-state index contributed by atoms with van der Waals surface area (Å²) in [5.74, 6) is -0.715. The van der Waals surface area contributed by atoms with Crippen LogP contribution in [0.15, 0.2) is 11.3 Å². The Bertz CT molecular complexity index is 332. The normalized spacial score (nSPS) is 12.6. The van der Waals surface area contributed by atoms with Crippen LogP contribution in [0.25, 0.3) is 0 Å². The van der Waals surface area contributed by atoms with Crippen molar-refractivity contribution in [2.45, 2.75) is 123 Å². The van der Waals surface area contributed by atoms with Crippen LogP contribution in [0.1, 0.15) is 105 Å². The van der Waals surface area contributed by atoms with Gasteiger partial charge in [0.15, 0.2) is 0 Å². The molecule has 0 atom stereocenters. The molecule has 0 heterocycles. The molecule has 0 fully saturated rings. The first-order chi connectivity index (χ1) is 12.0. The second-order valence-electron chi connectivity index (χ2n) is 7.93. The van der Waals surface area contributed by atoms with Crippen LogP contribution in [-0.2, 0) is 4.79 Å². The molecule has 3 heteroatoms. The van der Waals surface area contributed by atoms with Crippen LogP contribution >= 0.6 is 0 Å². The highest BCUT2D eigenvalue weighted by molar-refractivity contribution is 6.84. The van der Waals surface area contributed by atoms with Gasteiger partial charge in [-0.3, -0.25) is 0 Å². The molecule has 25 heavy (non-hydrogen) atoms. The number of carboxylic acids is 1. The summed E-state index contributed by atoms with van der Waals surface area (Å²) in [5.41, 5.74) is 2.88. The van der Waals surface area contributed by atoms with Gasteiger partial charge in [0.2, 0.25) is 0 Å². The maximum Gasteiger partial charge on any atom is 0.330 e. The summed E-state index contributed by atoms with van der Waals surface area (Å²) in [5, 5.41) is 9.43. The van der Waals surface area contributed by atoms with Gasteiger partial charge in [0, 0.05) is 5.57 Å². The molecule has 0 amide bonds. The van der Waals surface area contributed by atoms with Crippen LogP contribution in [0.2, 0.25) is 18.1 Å². The average molecular weight is 369 g/mol. The predicted octanol–water partition coefficient (Wildman–Crippen LogP) is 7.75. The van der Waals surface area contributed by atoms with Crippen molar-refractivity contribution in [3.63, 3.8) is 0 Å². The van der Waals surface area contributed by atoms with Crippen LogP contribution < -0.4 is 0 Å². The SMILES string of the molecule is CCCCCC[Si](C=C(C)C(=O)O)(CCCCCC)CCCCCC. The number of rotatable bonds is 17. The van der Waals surface area contributed by atoms with Gasteiger partial charge in [0.25, 0.3) is 0 Å². The van der Waals surface area contributed by atoms with Crippen molar-refractivity contribution in [1.82, 2.24) is 0 Å².